The van der Waals surface area contributed by atoms with Gasteiger partial charge in [-0.25, -0.2) is 9.18 Å². The second-order valence-electron chi connectivity index (χ2n) is 7.39. The van der Waals surface area contributed by atoms with Crippen LogP contribution in [-0.4, -0.2) is 56.9 Å². The van der Waals surface area contributed by atoms with Gasteiger partial charge >= 0.3 is 6.09 Å². The van der Waals surface area contributed by atoms with Gasteiger partial charge in [0, 0.05) is 5.56 Å². The Hall–Kier alpha value is -1.88. The molecular weight excluding hydrogens is 470 g/mol. The van der Waals surface area contributed by atoms with Crippen LogP contribution in [-0.2, 0) is 9.53 Å². The smallest absolute Gasteiger partial charge is 0.408 e. The van der Waals surface area contributed by atoms with E-state index in [1.807, 2.05) is 0 Å². The Labute approximate surface area is 194 Å². The van der Waals surface area contributed by atoms with Crippen molar-refractivity contribution in [1.29, 1.82) is 5.41 Å². The van der Waals surface area contributed by atoms with Crippen molar-refractivity contribution in [1.82, 2.24) is 10.6 Å². The number of alkyl halides is 3. The van der Waals surface area contributed by atoms with Gasteiger partial charge in [0.1, 0.15) is 30.0 Å². The molecule has 0 heterocycles. The van der Waals surface area contributed by atoms with Crippen LogP contribution in [0.25, 0.3) is 0 Å². The molecule has 0 spiro atoms. The van der Waals surface area contributed by atoms with Crippen LogP contribution in [0, 0.1) is 5.41 Å². The Kier molecular flexibility index (Phi) is 10.7. The number of aliphatic hydroxyl groups excluding tert-OH is 1. The van der Waals surface area contributed by atoms with Crippen LogP contribution in [0.1, 0.15) is 38.0 Å². The summed E-state index contributed by atoms with van der Waals surface area (Å²) >= 11 is 11.8. The number of carbonyl (C=O) groups excluding carboxylic acids is 2. The summed E-state index contributed by atoms with van der Waals surface area (Å²) in [5.74, 6) is -0.814. The van der Waals surface area contributed by atoms with Crippen LogP contribution in [0.2, 0.25) is 0 Å². The van der Waals surface area contributed by atoms with Crippen molar-refractivity contribution in [2.75, 3.05) is 13.2 Å². The average Bonchev–Trinajstić information content (AvgIpc) is 2.68. The summed E-state index contributed by atoms with van der Waals surface area (Å²) in [6, 6.07) is 4.86. The highest BCUT2D eigenvalue weighted by atomic mass is 35.5. The minimum Gasteiger partial charge on any atom is -0.444 e. The fourth-order valence-corrected chi connectivity index (χ4v) is 3.00. The minimum absolute atomic E-state index is 0.0127. The number of hydrogen-bond donors (Lipinski definition) is 5. The lowest BCUT2D eigenvalue weighted by Gasteiger charge is -2.22. The number of nitrogens with one attached hydrogen (secondary N) is 3. The van der Waals surface area contributed by atoms with E-state index in [4.69, 9.17) is 38.8 Å². The highest BCUT2D eigenvalue weighted by Crippen LogP contribution is 2.21. The molecule has 172 valence electrons. The molecule has 1 rings (SSSR count). The second-order valence-corrected chi connectivity index (χ2v) is 9.62. The van der Waals surface area contributed by atoms with Gasteiger partial charge in [-0.3, -0.25) is 15.6 Å². The molecule has 31 heavy (non-hydrogen) atoms. The monoisotopic (exact) mass is 495 g/mol. The van der Waals surface area contributed by atoms with Gasteiger partial charge in [0.25, 0.3) is 5.91 Å². The molecule has 1 aromatic carbocycles. The molecule has 2 atom stereocenters. The van der Waals surface area contributed by atoms with Gasteiger partial charge in [0.2, 0.25) is 5.04 Å². The number of rotatable bonds is 8. The van der Waals surface area contributed by atoms with Crippen molar-refractivity contribution in [3.05, 3.63) is 35.4 Å². The summed E-state index contributed by atoms with van der Waals surface area (Å²) < 4.78 is 18.3. The zero-order valence-corrected chi connectivity index (χ0v) is 19.6. The van der Waals surface area contributed by atoms with Crippen LogP contribution >= 0.6 is 35.0 Å². The topological polar surface area (TPSA) is 137 Å². The number of aliphatic hydroxyl groups is 1. The number of thioether (sulfide) groups is 1. The number of halogens is 3. The van der Waals surface area contributed by atoms with Crippen LogP contribution in [0.5, 0.6) is 0 Å². The SMILES string of the molecule is CC(C)(C)OC(=O)NCC(=[NH2+])SC(=N)c1ccc([C@@H](O)[C@@H](CF)NC(=O)C(Cl)Cl)cc1. The molecule has 0 bridgehead atoms. The molecule has 0 fully saturated rings. The summed E-state index contributed by atoms with van der Waals surface area (Å²) in [6.45, 7) is 4.19. The first kappa shape index (κ1) is 27.2. The third kappa shape index (κ3) is 9.86. The third-order valence-corrected chi connectivity index (χ3v) is 4.87. The number of ether oxygens (including phenoxy) is 1. The minimum atomic E-state index is -1.38. The first-order chi connectivity index (χ1) is 14.3. The number of hydrogen-bond acceptors (Lipinski definition) is 6. The second kappa shape index (κ2) is 12.2. The number of benzene rings is 1. The molecule has 2 amide bonds. The van der Waals surface area contributed by atoms with E-state index in [-0.39, 0.29) is 16.6 Å². The largest absolute Gasteiger partial charge is 0.444 e. The normalized spacial score (nSPS) is 13.3. The van der Waals surface area contributed by atoms with Crippen LogP contribution < -0.4 is 16.0 Å². The molecule has 0 aromatic heterocycles. The predicted octanol–water partition coefficient (Wildman–Crippen LogP) is 1.72. The van der Waals surface area contributed by atoms with Crippen molar-refractivity contribution >= 4 is 57.1 Å². The summed E-state index contributed by atoms with van der Waals surface area (Å²) in [4.78, 5) is 21.8. The van der Waals surface area contributed by atoms with Gasteiger partial charge in [-0.15, -0.1) is 0 Å². The Morgan fingerprint density at radius 3 is 2.35 bits per heavy atom. The Balaban J connectivity index is 2.65. The van der Waals surface area contributed by atoms with E-state index in [2.05, 4.69) is 10.6 Å². The average molecular weight is 496 g/mol. The molecule has 0 saturated heterocycles. The fourth-order valence-electron chi connectivity index (χ4n) is 2.21. The van der Waals surface area contributed by atoms with E-state index in [1.54, 1.807) is 32.9 Å². The summed E-state index contributed by atoms with van der Waals surface area (Å²) in [5.41, 5.74) is 0.183. The van der Waals surface area contributed by atoms with Crippen molar-refractivity contribution in [3.8, 4) is 0 Å². The highest BCUT2D eigenvalue weighted by Gasteiger charge is 2.25. The predicted molar refractivity (Wildman–Crippen MR) is 120 cm³/mol. The molecular formula is C19H26Cl2FN4O4S+. The van der Waals surface area contributed by atoms with E-state index >= 15 is 0 Å². The first-order valence-electron chi connectivity index (χ1n) is 9.11. The summed E-state index contributed by atoms with van der Waals surface area (Å²) in [5, 5.41) is 29.4. The summed E-state index contributed by atoms with van der Waals surface area (Å²) in [6.07, 6.45) is -1.96. The van der Waals surface area contributed by atoms with Gasteiger partial charge in [0.05, 0.1) is 6.04 Å². The lowest BCUT2D eigenvalue weighted by molar-refractivity contribution is -0.121. The summed E-state index contributed by atoms with van der Waals surface area (Å²) in [7, 11) is 0. The standard InChI is InChI=1S/C19H25Cl2FN4O4S/c1-19(2,3)30-18(29)25-9-13(23)31-16(24)11-6-4-10(5-7-11)14(27)12(8-22)26-17(28)15(20)21/h4-7,12,14-15,23-24,27H,8-9H2,1-3H3,(H,25,29)(H,26,28)/p+1/t12-,14-/m1/s1. The van der Waals surface area contributed by atoms with Crippen molar-refractivity contribution in [2.45, 2.75) is 43.4 Å². The van der Waals surface area contributed by atoms with Crippen LogP contribution in [0.3, 0.4) is 0 Å². The molecule has 8 nitrogen and oxygen atoms in total. The quantitative estimate of drug-likeness (QED) is 0.212. The van der Waals surface area contributed by atoms with Crippen LogP contribution in [0.15, 0.2) is 24.3 Å². The number of alkyl carbamates (subject to hydrolysis) is 1. The lowest BCUT2D eigenvalue weighted by Crippen LogP contribution is -2.46. The van der Waals surface area contributed by atoms with Crippen molar-refractivity contribution in [3.63, 3.8) is 0 Å². The Morgan fingerprint density at radius 2 is 1.87 bits per heavy atom. The maximum absolute atomic E-state index is 13.2. The maximum atomic E-state index is 13.2. The van der Waals surface area contributed by atoms with Crippen LogP contribution in [0.4, 0.5) is 9.18 Å². The lowest BCUT2D eigenvalue weighted by atomic mass is 10.0. The zero-order chi connectivity index (χ0) is 23.8. The Morgan fingerprint density at radius 1 is 1.29 bits per heavy atom. The Bertz CT molecular complexity index is 803. The molecule has 0 aliphatic heterocycles. The number of nitrogens with two attached hydrogens (primary N) is 1. The van der Waals surface area contributed by atoms with Crippen molar-refractivity contribution < 1.29 is 29.2 Å². The highest BCUT2D eigenvalue weighted by molar-refractivity contribution is 8.26. The van der Waals surface area contributed by atoms with E-state index in [1.165, 1.54) is 12.1 Å². The fraction of sp³-hybridized carbons (Fsp3) is 0.474. The van der Waals surface area contributed by atoms with Gasteiger partial charge in [-0.05, 0) is 38.1 Å². The molecule has 1 aromatic rings. The van der Waals surface area contributed by atoms with E-state index in [0.717, 1.165) is 11.8 Å². The number of carbonyl (C=O) groups is 2. The van der Waals surface area contributed by atoms with E-state index in [0.29, 0.717) is 11.1 Å². The molecule has 0 unspecified atom stereocenters. The zero-order valence-electron chi connectivity index (χ0n) is 17.2. The van der Waals surface area contributed by atoms with Gasteiger partial charge < -0.3 is 20.5 Å². The molecule has 0 radical (unpaired) electrons. The molecule has 6 N–H and O–H groups in total. The van der Waals surface area contributed by atoms with Gasteiger partial charge in [-0.1, -0.05) is 47.5 Å². The van der Waals surface area contributed by atoms with Gasteiger partial charge in [0.15, 0.2) is 4.84 Å². The van der Waals surface area contributed by atoms with Gasteiger partial charge in [-0.2, -0.15) is 0 Å². The molecule has 12 heteroatoms. The van der Waals surface area contributed by atoms with Crippen molar-refractivity contribution in [2.24, 2.45) is 0 Å². The third-order valence-electron chi connectivity index (χ3n) is 3.63. The maximum Gasteiger partial charge on any atom is 0.408 e. The molecule has 0 saturated carbocycles. The number of amides is 2. The molecule has 0 aliphatic rings. The van der Waals surface area contributed by atoms with E-state index < -0.39 is 41.3 Å². The first-order valence-corrected chi connectivity index (χ1v) is 10.8. The molecule has 0 aliphatic carbocycles. The van der Waals surface area contributed by atoms with E-state index in [9.17, 15) is 19.1 Å².